The van der Waals surface area contributed by atoms with E-state index >= 15 is 0 Å². The van der Waals surface area contributed by atoms with Gasteiger partial charge in [0.05, 0.1) is 6.04 Å². The smallest absolute Gasteiger partial charge is 0.371 e. The van der Waals surface area contributed by atoms with Crippen LogP contribution >= 0.6 is 0 Å². The summed E-state index contributed by atoms with van der Waals surface area (Å²) in [5, 5.41) is 17.9. The molecule has 0 aliphatic carbocycles. The van der Waals surface area contributed by atoms with E-state index in [2.05, 4.69) is 4.90 Å². The number of likely N-dealkylation sites (tertiary alicyclic amines) is 1. The number of rotatable bonds is 4. The molecule has 17 heavy (non-hydrogen) atoms. The summed E-state index contributed by atoms with van der Waals surface area (Å²) >= 11 is 0. The summed E-state index contributed by atoms with van der Waals surface area (Å²) in [5.74, 6) is -0.0739. The average Bonchev–Trinajstić information content (AvgIpc) is 2.97. The van der Waals surface area contributed by atoms with Crippen LogP contribution in [0, 0.1) is 5.92 Å². The molecular formula is C12H17NO4. The van der Waals surface area contributed by atoms with Gasteiger partial charge in [0.25, 0.3) is 0 Å². The van der Waals surface area contributed by atoms with E-state index < -0.39 is 5.97 Å². The van der Waals surface area contributed by atoms with Crippen LogP contribution in [0.15, 0.2) is 16.5 Å². The monoisotopic (exact) mass is 239 g/mol. The summed E-state index contributed by atoms with van der Waals surface area (Å²) in [7, 11) is 0. The van der Waals surface area contributed by atoms with Gasteiger partial charge >= 0.3 is 5.97 Å². The van der Waals surface area contributed by atoms with Crippen molar-refractivity contribution in [1.29, 1.82) is 0 Å². The van der Waals surface area contributed by atoms with Crippen molar-refractivity contribution in [3.63, 3.8) is 0 Å². The highest BCUT2D eigenvalue weighted by atomic mass is 16.4. The highest BCUT2D eigenvalue weighted by Crippen LogP contribution is 2.28. The van der Waals surface area contributed by atoms with Crippen LogP contribution in [0.5, 0.6) is 0 Å². The zero-order valence-corrected chi connectivity index (χ0v) is 9.80. The minimum atomic E-state index is -1.04. The maximum atomic E-state index is 10.7. The largest absolute Gasteiger partial charge is 0.475 e. The summed E-state index contributed by atoms with van der Waals surface area (Å²) in [4.78, 5) is 12.9. The molecule has 0 saturated carbocycles. The second-order valence-corrected chi connectivity index (χ2v) is 4.52. The van der Waals surface area contributed by atoms with Crippen LogP contribution in [0.1, 0.15) is 35.7 Å². The van der Waals surface area contributed by atoms with Gasteiger partial charge in [-0.1, -0.05) is 0 Å². The van der Waals surface area contributed by atoms with E-state index in [1.165, 1.54) is 6.07 Å². The van der Waals surface area contributed by atoms with Crippen LogP contribution in [0.2, 0.25) is 0 Å². The lowest BCUT2D eigenvalue weighted by atomic mass is 10.1. The molecule has 5 heteroatoms. The number of nitrogens with zero attached hydrogens (tertiary/aromatic N) is 1. The van der Waals surface area contributed by atoms with Crippen molar-refractivity contribution in [2.75, 3.05) is 19.7 Å². The van der Waals surface area contributed by atoms with Gasteiger partial charge in [-0.3, -0.25) is 4.90 Å². The van der Waals surface area contributed by atoms with Crippen LogP contribution in [-0.2, 0) is 0 Å². The molecule has 1 saturated heterocycles. The van der Waals surface area contributed by atoms with E-state index in [9.17, 15) is 4.79 Å². The molecule has 2 atom stereocenters. The number of carboxylic acids is 1. The van der Waals surface area contributed by atoms with E-state index in [0.29, 0.717) is 11.7 Å². The van der Waals surface area contributed by atoms with Crippen molar-refractivity contribution in [3.05, 3.63) is 23.7 Å². The molecule has 0 amide bonds. The minimum absolute atomic E-state index is 0.0234. The number of hydrogen-bond acceptors (Lipinski definition) is 4. The zero-order chi connectivity index (χ0) is 12.4. The molecule has 2 rings (SSSR count). The summed E-state index contributed by atoms with van der Waals surface area (Å²) in [5.41, 5.74) is 0. The maximum Gasteiger partial charge on any atom is 0.371 e. The summed E-state index contributed by atoms with van der Waals surface area (Å²) < 4.78 is 5.28. The van der Waals surface area contributed by atoms with E-state index in [0.717, 1.165) is 19.5 Å². The third-order valence-electron chi connectivity index (χ3n) is 3.37. The summed E-state index contributed by atoms with van der Waals surface area (Å²) in [6.45, 7) is 3.95. The standard InChI is InChI=1S/C12H17NO4/c1-8(13-5-4-9(6-13)7-14)10-2-3-11(17-10)12(15)16/h2-3,8-9,14H,4-7H2,1H3,(H,15,16). The molecule has 2 N–H and O–H groups in total. The van der Waals surface area contributed by atoms with Gasteiger partial charge in [-0.2, -0.15) is 0 Å². The SMILES string of the molecule is CC(c1ccc(C(=O)O)o1)N1CCC(CO)C1. The third kappa shape index (κ3) is 2.50. The lowest BCUT2D eigenvalue weighted by molar-refractivity contribution is 0.0656. The fourth-order valence-electron chi connectivity index (χ4n) is 2.24. The van der Waals surface area contributed by atoms with Crippen molar-refractivity contribution in [1.82, 2.24) is 4.90 Å². The first kappa shape index (κ1) is 12.1. The van der Waals surface area contributed by atoms with E-state index in [1.54, 1.807) is 6.07 Å². The molecule has 1 aromatic rings. The van der Waals surface area contributed by atoms with Gasteiger partial charge in [0, 0.05) is 13.2 Å². The van der Waals surface area contributed by atoms with Gasteiger partial charge in [0.1, 0.15) is 5.76 Å². The van der Waals surface area contributed by atoms with E-state index in [1.807, 2.05) is 6.92 Å². The number of aliphatic hydroxyl groups is 1. The number of furan rings is 1. The fourth-order valence-corrected chi connectivity index (χ4v) is 2.24. The molecule has 94 valence electrons. The lowest BCUT2D eigenvalue weighted by Gasteiger charge is -2.22. The molecular weight excluding hydrogens is 222 g/mol. The Balaban J connectivity index is 2.04. The predicted molar refractivity (Wildman–Crippen MR) is 60.8 cm³/mol. The minimum Gasteiger partial charge on any atom is -0.475 e. The molecule has 1 fully saturated rings. The second-order valence-electron chi connectivity index (χ2n) is 4.52. The number of carboxylic acid groups (broad SMARTS) is 1. The quantitative estimate of drug-likeness (QED) is 0.829. The number of aliphatic hydroxyl groups excluding tert-OH is 1. The molecule has 0 radical (unpaired) electrons. The van der Waals surface area contributed by atoms with E-state index in [4.69, 9.17) is 14.6 Å². The Morgan fingerprint density at radius 1 is 1.65 bits per heavy atom. The van der Waals surface area contributed by atoms with Crippen molar-refractivity contribution >= 4 is 5.97 Å². The van der Waals surface area contributed by atoms with Gasteiger partial charge in [-0.25, -0.2) is 4.79 Å². The van der Waals surface area contributed by atoms with Crippen molar-refractivity contribution < 1.29 is 19.4 Å². The molecule has 0 spiro atoms. The second kappa shape index (κ2) is 4.89. The van der Waals surface area contributed by atoms with Gasteiger partial charge in [0.15, 0.2) is 0 Å². The third-order valence-corrected chi connectivity index (χ3v) is 3.37. The molecule has 2 heterocycles. The van der Waals surface area contributed by atoms with Gasteiger partial charge in [0.2, 0.25) is 5.76 Å². The lowest BCUT2D eigenvalue weighted by Crippen LogP contribution is -2.24. The molecule has 0 bridgehead atoms. The average molecular weight is 239 g/mol. The normalized spacial score (nSPS) is 22.8. The first-order valence-electron chi connectivity index (χ1n) is 5.79. The van der Waals surface area contributed by atoms with Crippen molar-refractivity contribution in [3.8, 4) is 0 Å². The fraction of sp³-hybridized carbons (Fsp3) is 0.583. The highest BCUT2D eigenvalue weighted by Gasteiger charge is 2.28. The van der Waals surface area contributed by atoms with Crippen molar-refractivity contribution in [2.45, 2.75) is 19.4 Å². The van der Waals surface area contributed by atoms with E-state index in [-0.39, 0.29) is 18.4 Å². The molecule has 1 aliphatic heterocycles. The number of aromatic carboxylic acids is 1. The Labute approximate surface area is 99.6 Å². The Kier molecular flexibility index (Phi) is 3.49. The van der Waals surface area contributed by atoms with Gasteiger partial charge < -0.3 is 14.6 Å². The molecule has 0 aromatic carbocycles. The zero-order valence-electron chi connectivity index (χ0n) is 9.80. The highest BCUT2D eigenvalue weighted by molar-refractivity contribution is 5.84. The van der Waals surface area contributed by atoms with Crippen LogP contribution in [0.3, 0.4) is 0 Å². The predicted octanol–water partition coefficient (Wildman–Crippen LogP) is 1.35. The topological polar surface area (TPSA) is 73.9 Å². The van der Waals surface area contributed by atoms with Crippen LogP contribution in [0.4, 0.5) is 0 Å². The molecule has 1 aliphatic rings. The summed E-state index contributed by atoms with van der Waals surface area (Å²) in [6, 6.07) is 3.24. The first-order chi connectivity index (χ1) is 8.11. The van der Waals surface area contributed by atoms with Crippen LogP contribution in [0.25, 0.3) is 0 Å². The Hall–Kier alpha value is -1.33. The molecule has 2 unspecified atom stereocenters. The Morgan fingerprint density at radius 2 is 2.41 bits per heavy atom. The first-order valence-corrected chi connectivity index (χ1v) is 5.79. The van der Waals surface area contributed by atoms with Gasteiger partial charge in [-0.05, 0) is 37.9 Å². The Bertz CT molecular complexity index is 401. The molecule has 5 nitrogen and oxygen atoms in total. The summed E-state index contributed by atoms with van der Waals surface area (Å²) in [6.07, 6.45) is 0.980. The number of hydrogen-bond donors (Lipinski definition) is 2. The van der Waals surface area contributed by atoms with Gasteiger partial charge in [-0.15, -0.1) is 0 Å². The number of carbonyl (C=O) groups is 1. The maximum absolute atomic E-state index is 10.7. The molecule has 1 aromatic heterocycles. The van der Waals surface area contributed by atoms with Crippen LogP contribution in [-0.4, -0.2) is 40.8 Å². The van der Waals surface area contributed by atoms with Crippen LogP contribution < -0.4 is 0 Å². The van der Waals surface area contributed by atoms with Crippen molar-refractivity contribution in [2.24, 2.45) is 5.92 Å². The Morgan fingerprint density at radius 3 is 2.94 bits per heavy atom.